The van der Waals surface area contributed by atoms with Crippen LogP contribution in [0.1, 0.15) is 5.82 Å². The van der Waals surface area contributed by atoms with Gasteiger partial charge in [-0.15, -0.1) is 10.8 Å². The first-order valence-corrected chi connectivity index (χ1v) is 5.58. The Bertz CT molecular complexity index is 642. The number of benzene rings is 1. The average molecular weight is 240 g/mol. The van der Waals surface area contributed by atoms with Gasteiger partial charge in [-0.1, -0.05) is 0 Å². The first kappa shape index (κ1) is 10.6. The molecule has 0 aliphatic heterocycles. The van der Waals surface area contributed by atoms with E-state index in [0.717, 1.165) is 17.2 Å². The third kappa shape index (κ3) is 1.74. The fourth-order valence-electron chi connectivity index (χ4n) is 1.73. The molecule has 90 valence electrons. The van der Waals surface area contributed by atoms with Crippen molar-refractivity contribution in [3.05, 3.63) is 41.9 Å². The highest BCUT2D eigenvalue weighted by Gasteiger charge is 2.10. The minimum absolute atomic E-state index is 0.192. The third-order valence-electron chi connectivity index (χ3n) is 2.78. The van der Waals surface area contributed by atoms with Gasteiger partial charge in [0, 0.05) is 0 Å². The number of tetrazole rings is 1. The lowest BCUT2D eigenvalue weighted by Gasteiger charge is -2.17. The van der Waals surface area contributed by atoms with E-state index in [9.17, 15) is 0 Å². The molecule has 0 saturated heterocycles. The van der Waals surface area contributed by atoms with Crippen LogP contribution in [0.3, 0.4) is 0 Å². The van der Waals surface area contributed by atoms with Crippen LogP contribution in [0, 0.1) is 6.92 Å². The second kappa shape index (κ2) is 4.01. The van der Waals surface area contributed by atoms with Crippen molar-refractivity contribution in [3.8, 4) is 5.69 Å². The maximum Gasteiger partial charge on any atom is 0.153 e. The monoisotopic (exact) mass is 240 g/mol. The van der Waals surface area contributed by atoms with Gasteiger partial charge in [0.1, 0.15) is 0 Å². The highest BCUT2D eigenvalue weighted by atomic mass is 15.5. The van der Waals surface area contributed by atoms with Crippen molar-refractivity contribution >= 4 is 11.4 Å². The molecule has 0 unspecified atom stereocenters. The number of rotatable bonds is 3. The summed E-state index contributed by atoms with van der Waals surface area (Å²) in [5.74, 6) is 0.731. The van der Waals surface area contributed by atoms with Gasteiger partial charge < -0.3 is 11.1 Å². The number of aryl methyl sites for hydroxylation is 1. The molecular weight excluding hydrogens is 228 g/mol. The smallest absolute Gasteiger partial charge is 0.153 e. The summed E-state index contributed by atoms with van der Waals surface area (Å²) in [6.45, 7) is 1.85. The van der Waals surface area contributed by atoms with Crippen LogP contribution in [-0.4, -0.2) is 26.2 Å². The second-order valence-electron chi connectivity index (χ2n) is 4.08. The Morgan fingerprint density at radius 1 is 1.39 bits per heavy atom. The topological polar surface area (TPSA) is 81.7 Å². The van der Waals surface area contributed by atoms with Crippen molar-refractivity contribution in [2.75, 3.05) is 11.1 Å². The molecule has 6 heteroatoms. The maximum absolute atomic E-state index is 5.94. The average Bonchev–Trinajstić information content (AvgIpc) is 2.72. The molecule has 3 N–H and O–H groups in total. The van der Waals surface area contributed by atoms with Crippen LogP contribution in [0.4, 0.5) is 11.4 Å². The lowest BCUT2D eigenvalue weighted by Crippen LogP contribution is -2.18. The summed E-state index contributed by atoms with van der Waals surface area (Å²) in [5, 5.41) is 14.7. The number of nitrogens with one attached hydrogen (secondary N) is 1. The fraction of sp³-hybridized carbons (Fsp3) is 0.167. The number of anilines is 2. The van der Waals surface area contributed by atoms with E-state index >= 15 is 0 Å². The predicted octanol–water partition coefficient (Wildman–Crippen LogP) is 1.06. The first-order chi connectivity index (χ1) is 8.74. The van der Waals surface area contributed by atoms with E-state index in [0.29, 0.717) is 5.69 Å². The van der Waals surface area contributed by atoms with Crippen LogP contribution in [0.2, 0.25) is 0 Å². The molecule has 0 atom stereocenters. The van der Waals surface area contributed by atoms with Gasteiger partial charge in [0.15, 0.2) is 5.82 Å². The molecule has 1 aliphatic carbocycles. The zero-order valence-electron chi connectivity index (χ0n) is 9.83. The number of hydrogen-bond donors (Lipinski definition) is 2. The lowest BCUT2D eigenvalue weighted by molar-refractivity contribution is 0.779. The number of nitrogens with zero attached hydrogens (tertiary/aromatic N) is 4. The van der Waals surface area contributed by atoms with Crippen LogP contribution >= 0.6 is 0 Å². The first-order valence-electron chi connectivity index (χ1n) is 5.58. The fourth-order valence-corrected chi connectivity index (χ4v) is 1.73. The molecule has 18 heavy (non-hydrogen) atoms. The number of hydrogen-bond acceptors (Lipinski definition) is 5. The third-order valence-corrected chi connectivity index (χ3v) is 2.78. The van der Waals surface area contributed by atoms with Gasteiger partial charge in [0.25, 0.3) is 0 Å². The minimum Gasteiger partial charge on any atom is -0.397 e. The van der Waals surface area contributed by atoms with Crippen LogP contribution in [-0.2, 0) is 0 Å². The summed E-state index contributed by atoms with van der Waals surface area (Å²) < 4.78 is 1.66. The molecule has 0 saturated carbocycles. The maximum atomic E-state index is 5.94. The van der Waals surface area contributed by atoms with Gasteiger partial charge in [-0.2, -0.15) is 4.68 Å². The van der Waals surface area contributed by atoms with E-state index in [4.69, 9.17) is 5.73 Å². The SMILES string of the molecule is Cc1nnnn1-c1ccc(N)c(NC2C=C=C2)c1. The Kier molecular flexibility index (Phi) is 2.35. The molecule has 0 radical (unpaired) electrons. The quantitative estimate of drug-likeness (QED) is 0.619. The van der Waals surface area contributed by atoms with Crippen molar-refractivity contribution < 1.29 is 0 Å². The van der Waals surface area contributed by atoms with E-state index in [2.05, 4.69) is 26.6 Å². The molecule has 1 aliphatic rings. The van der Waals surface area contributed by atoms with E-state index in [1.807, 2.05) is 37.3 Å². The summed E-state index contributed by atoms with van der Waals surface area (Å²) >= 11 is 0. The Balaban J connectivity index is 1.95. The predicted molar refractivity (Wildman–Crippen MR) is 68.4 cm³/mol. The van der Waals surface area contributed by atoms with Crippen molar-refractivity contribution in [3.63, 3.8) is 0 Å². The van der Waals surface area contributed by atoms with Gasteiger partial charge in [-0.25, -0.2) is 0 Å². The molecule has 6 nitrogen and oxygen atoms in total. The molecule has 1 heterocycles. The molecule has 3 rings (SSSR count). The Morgan fingerprint density at radius 3 is 2.83 bits per heavy atom. The second-order valence-corrected chi connectivity index (χ2v) is 4.08. The lowest BCUT2D eigenvalue weighted by atomic mass is 10.1. The van der Waals surface area contributed by atoms with Crippen LogP contribution in [0.15, 0.2) is 36.1 Å². The van der Waals surface area contributed by atoms with Crippen molar-refractivity contribution in [1.29, 1.82) is 0 Å². The van der Waals surface area contributed by atoms with Gasteiger partial charge in [0.2, 0.25) is 0 Å². The number of nitrogens with two attached hydrogens (primary N) is 1. The normalized spacial score (nSPS) is 13.6. The van der Waals surface area contributed by atoms with Crippen LogP contribution in [0.25, 0.3) is 5.69 Å². The van der Waals surface area contributed by atoms with Crippen molar-refractivity contribution in [2.24, 2.45) is 0 Å². The highest BCUT2D eigenvalue weighted by Crippen LogP contribution is 2.24. The van der Waals surface area contributed by atoms with Crippen LogP contribution < -0.4 is 11.1 Å². The zero-order chi connectivity index (χ0) is 12.5. The van der Waals surface area contributed by atoms with E-state index in [1.165, 1.54) is 0 Å². The Morgan fingerprint density at radius 2 is 2.22 bits per heavy atom. The summed E-state index contributed by atoms with van der Waals surface area (Å²) in [6, 6.07) is 5.84. The molecule has 0 bridgehead atoms. The van der Waals surface area contributed by atoms with Crippen molar-refractivity contribution in [1.82, 2.24) is 20.2 Å². The van der Waals surface area contributed by atoms with Crippen LogP contribution in [0.5, 0.6) is 0 Å². The highest BCUT2D eigenvalue weighted by molar-refractivity contribution is 5.70. The van der Waals surface area contributed by atoms with Gasteiger partial charge in [0.05, 0.1) is 23.1 Å². The van der Waals surface area contributed by atoms with E-state index in [-0.39, 0.29) is 6.04 Å². The van der Waals surface area contributed by atoms with E-state index in [1.54, 1.807) is 4.68 Å². The standard InChI is InChI=1S/C12H12N6/c1-8-15-16-17-18(8)10-5-6-11(13)12(7-10)14-9-3-2-4-9/h3-7,9,14H,13H2,1H3. The summed E-state index contributed by atoms with van der Waals surface area (Å²) in [6.07, 6.45) is 3.88. The zero-order valence-corrected chi connectivity index (χ0v) is 9.83. The Hall–Kier alpha value is -2.59. The molecule has 1 aromatic carbocycles. The van der Waals surface area contributed by atoms with Gasteiger partial charge in [-0.05, 0) is 47.7 Å². The molecule has 0 spiro atoms. The molecule has 1 aromatic heterocycles. The number of nitrogen functional groups attached to an aromatic ring is 1. The molecule has 0 amide bonds. The van der Waals surface area contributed by atoms with Crippen molar-refractivity contribution in [2.45, 2.75) is 13.0 Å². The molecule has 0 fully saturated rings. The largest absolute Gasteiger partial charge is 0.397 e. The summed E-state index contributed by atoms with van der Waals surface area (Å²) in [5.41, 5.74) is 11.3. The van der Waals surface area contributed by atoms with E-state index < -0.39 is 0 Å². The molecule has 2 aromatic rings. The van der Waals surface area contributed by atoms with Gasteiger partial charge in [-0.3, -0.25) is 0 Å². The number of aromatic nitrogens is 4. The van der Waals surface area contributed by atoms with Gasteiger partial charge >= 0.3 is 0 Å². The molecular formula is C12H12N6. The Labute approximate surface area is 104 Å². The summed E-state index contributed by atoms with van der Waals surface area (Å²) in [7, 11) is 0. The minimum atomic E-state index is 0.192. The summed E-state index contributed by atoms with van der Waals surface area (Å²) in [4.78, 5) is 0.